The summed E-state index contributed by atoms with van der Waals surface area (Å²) in [4.78, 5) is 24.8. The number of aromatic nitrogens is 2. The Hall–Kier alpha value is -2.04. The summed E-state index contributed by atoms with van der Waals surface area (Å²) in [6.45, 7) is 7.20. The SMILES string of the molecule is Cc1cc2nc(N3CCCC(N4CCCC4=O)CC3)[nH]c2cc1C. The molecule has 0 saturated carbocycles. The molecule has 1 amide bonds. The van der Waals surface area contributed by atoms with Crippen molar-refractivity contribution in [3.05, 3.63) is 23.3 Å². The highest BCUT2D eigenvalue weighted by molar-refractivity contribution is 5.79. The van der Waals surface area contributed by atoms with Crippen LogP contribution in [-0.2, 0) is 4.79 Å². The third kappa shape index (κ3) is 2.76. The molecule has 0 spiro atoms. The van der Waals surface area contributed by atoms with Crippen LogP contribution in [0.4, 0.5) is 5.95 Å². The molecule has 2 aromatic rings. The summed E-state index contributed by atoms with van der Waals surface area (Å²) >= 11 is 0. The van der Waals surface area contributed by atoms with Crippen LogP contribution in [0.3, 0.4) is 0 Å². The van der Waals surface area contributed by atoms with Crippen molar-refractivity contribution in [1.82, 2.24) is 14.9 Å². The lowest BCUT2D eigenvalue weighted by Gasteiger charge is -2.26. The number of fused-ring (bicyclic) bond motifs is 1. The average molecular weight is 326 g/mol. The summed E-state index contributed by atoms with van der Waals surface area (Å²) in [5, 5.41) is 0. The lowest BCUT2D eigenvalue weighted by Crippen LogP contribution is -2.37. The van der Waals surface area contributed by atoms with Gasteiger partial charge in [0.2, 0.25) is 11.9 Å². The lowest BCUT2D eigenvalue weighted by atomic mass is 10.1. The van der Waals surface area contributed by atoms with Crippen LogP contribution in [0.1, 0.15) is 43.2 Å². The zero-order valence-corrected chi connectivity index (χ0v) is 14.6. The van der Waals surface area contributed by atoms with E-state index in [2.05, 4.69) is 40.8 Å². The Bertz CT molecular complexity index is 727. The number of amides is 1. The van der Waals surface area contributed by atoms with E-state index < -0.39 is 0 Å². The Morgan fingerprint density at radius 1 is 1.08 bits per heavy atom. The zero-order chi connectivity index (χ0) is 16.7. The minimum absolute atomic E-state index is 0.350. The van der Waals surface area contributed by atoms with Crippen LogP contribution in [0, 0.1) is 13.8 Å². The number of carbonyl (C=O) groups excluding carboxylic acids is 1. The number of rotatable bonds is 2. The number of imidazole rings is 1. The molecule has 2 saturated heterocycles. The summed E-state index contributed by atoms with van der Waals surface area (Å²) in [7, 11) is 0. The van der Waals surface area contributed by atoms with Crippen LogP contribution in [0.5, 0.6) is 0 Å². The highest BCUT2D eigenvalue weighted by Crippen LogP contribution is 2.26. The van der Waals surface area contributed by atoms with Gasteiger partial charge < -0.3 is 14.8 Å². The smallest absolute Gasteiger partial charge is 0.222 e. The molecule has 128 valence electrons. The van der Waals surface area contributed by atoms with Gasteiger partial charge in [-0.1, -0.05) is 0 Å². The topological polar surface area (TPSA) is 52.2 Å². The van der Waals surface area contributed by atoms with E-state index >= 15 is 0 Å². The number of nitrogens with zero attached hydrogens (tertiary/aromatic N) is 3. The van der Waals surface area contributed by atoms with Gasteiger partial charge in [0.15, 0.2) is 0 Å². The van der Waals surface area contributed by atoms with E-state index in [4.69, 9.17) is 4.98 Å². The summed E-state index contributed by atoms with van der Waals surface area (Å²) in [5.74, 6) is 1.33. The predicted molar refractivity (Wildman–Crippen MR) is 96.4 cm³/mol. The molecular formula is C19H26N4O. The molecule has 5 nitrogen and oxygen atoms in total. The number of H-pyrrole nitrogens is 1. The fourth-order valence-corrected chi connectivity index (χ4v) is 4.06. The molecule has 1 aromatic carbocycles. The molecule has 3 heterocycles. The van der Waals surface area contributed by atoms with E-state index in [-0.39, 0.29) is 0 Å². The highest BCUT2D eigenvalue weighted by atomic mass is 16.2. The first-order valence-electron chi connectivity index (χ1n) is 9.13. The molecule has 24 heavy (non-hydrogen) atoms. The van der Waals surface area contributed by atoms with Crippen LogP contribution in [0.2, 0.25) is 0 Å². The number of hydrogen-bond donors (Lipinski definition) is 1. The van der Waals surface area contributed by atoms with E-state index in [1.165, 1.54) is 11.1 Å². The standard InChI is InChI=1S/C19H26N4O/c1-13-11-16-17(12-14(13)2)21-19(20-16)22-8-3-5-15(7-10-22)23-9-4-6-18(23)24/h11-12,15H,3-10H2,1-2H3,(H,20,21). The first-order valence-corrected chi connectivity index (χ1v) is 9.13. The second kappa shape index (κ2) is 6.11. The Morgan fingerprint density at radius 2 is 1.92 bits per heavy atom. The van der Waals surface area contributed by atoms with Crippen molar-refractivity contribution in [3.63, 3.8) is 0 Å². The van der Waals surface area contributed by atoms with Gasteiger partial charge >= 0.3 is 0 Å². The van der Waals surface area contributed by atoms with Crippen molar-refractivity contribution >= 4 is 22.9 Å². The van der Waals surface area contributed by atoms with E-state index in [9.17, 15) is 4.79 Å². The molecular weight excluding hydrogens is 300 g/mol. The number of anilines is 1. The van der Waals surface area contributed by atoms with Gasteiger partial charge in [0.1, 0.15) is 0 Å². The molecule has 2 aliphatic heterocycles. The predicted octanol–water partition coefficient (Wildman–Crippen LogP) is 3.16. The molecule has 1 unspecified atom stereocenters. The Balaban J connectivity index is 1.52. The minimum atomic E-state index is 0.350. The Labute approximate surface area is 143 Å². The number of aryl methyl sites for hydroxylation is 2. The van der Waals surface area contributed by atoms with Crippen molar-refractivity contribution < 1.29 is 4.79 Å². The number of likely N-dealkylation sites (tertiary alicyclic amines) is 1. The molecule has 2 fully saturated rings. The molecule has 0 radical (unpaired) electrons. The second-order valence-electron chi connectivity index (χ2n) is 7.28. The molecule has 0 aliphatic carbocycles. The summed E-state index contributed by atoms with van der Waals surface area (Å²) < 4.78 is 0. The number of hydrogen-bond acceptors (Lipinski definition) is 3. The van der Waals surface area contributed by atoms with Gasteiger partial charge in [0.05, 0.1) is 11.0 Å². The van der Waals surface area contributed by atoms with E-state index in [1.54, 1.807) is 0 Å². The lowest BCUT2D eigenvalue weighted by molar-refractivity contribution is -0.129. The number of benzene rings is 1. The Kier molecular flexibility index (Phi) is 3.94. The normalized spacial score (nSPS) is 22.4. The van der Waals surface area contributed by atoms with E-state index in [0.717, 1.165) is 68.7 Å². The summed E-state index contributed by atoms with van der Waals surface area (Å²) in [6.07, 6.45) is 5.04. The van der Waals surface area contributed by atoms with Crippen LogP contribution < -0.4 is 4.90 Å². The number of aromatic amines is 1. The molecule has 4 rings (SSSR count). The second-order valence-corrected chi connectivity index (χ2v) is 7.28. The van der Waals surface area contributed by atoms with Crippen molar-refractivity contribution in [2.45, 2.75) is 52.0 Å². The maximum absolute atomic E-state index is 12.0. The maximum Gasteiger partial charge on any atom is 0.222 e. The largest absolute Gasteiger partial charge is 0.342 e. The first kappa shape index (κ1) is 15.5. The van der Waals surface area contributed by atoms with Crippen molar-refractivity contribution in [1.29, 1.82) is 0 Å². The van der Waals surface area contributed by atoms with Crippen molar-refractivity contribution in [2.24, 2.45) is 0 Å². The van der Waals surface area contributed by atoms with E-state index in [1.807, 2.05) is 0 Å². The molecule has 2 aliphatic rings. The van der Waals surface area contributed by atoms with Crippen LogP contribution in [0.15, 0.2) is 12.1 Å². The van der Waals surface area contributed by atoms with Gasteiger partial charge in [-0.25, -0.2) is 4.98 Å². The van der Waals surface area contributed by atoms with E-state index in [0.29, 0.717) is 11.9 Å². The molecule has 0 bridgehead atoms. The molecule has 1 atom stereocenters. The third-order valence-corrected chi connectivity index (χ3v) is 5.63. The number of carbonyl (C=O) groups is 1. The minimum Gasteiger partial charge on any atom is -0.342 e. The zero-order valence-electron chi connectivity index (χ0n) is 14.6. The average Bonchev–Trinajstić information content (AvgIpc) is 3.07. The van der Waals surface area contributed by atoms with Crippen LogP contribution >= 0.6 is 0 Å². The van der Waals surface area contributed by atoms with Crippen LogP contribution in [0.25, 0.3) is 11.0 Å². The van der Waals surface area contributed by atoms with Gasteiger partial charge in [0, 0.05) is 32.1 Å². The van der Waals surface area contributed by atoms with Gasteiger partial charge in [-0.15, -0.1) is 0 Å². The quantitative estimate of drug-likeness (QED) is 0.922. The van der Waals surface area contributed by atoms with Gasteiger partial charge in [0.25, 0.3) is 0 Å². The summed E-state index contributed by atoms with van der Waals surface area (Å²) in [5.41, 5.74) is 4.73. The first-order chi connectivity index (χ1) is 11.6. The fourth-order valence-electron chi connectivity index (χ4n) is 4.06. The molecule has 1 aromatic heterocycles. The third-order valence-electron chi connectivity index (χ3n) is 5.63. The summed E-state index contributed by atoms with van der Waals surface area (Å²) in [6, 6.07) is 4.76. The maximum atomic E-state index is 12.0. The molecule has 1 N–H and O–H groups in total. The van der Waals surface area contributed by atoms with Gasteiger partial charge in [-0.05, 0) is 62.8 Å². The van der Waals surface area contributed by atoms with Crippen molar-refractivity contribution in [3.8, 4) is 0 Å². The van der Waals surface area contributed by atoms with Gasteiger partial charge in [-0.2, -0.15) is 0 Å². The highest BCUT2D eigenvalue weighted by Gasteiger charge is 2.29. The Morgan fingerprint density at radius 3 is 2.71 bits per heavy atom. The number of nitrogens with one attached hydrogen (secondary N) is 1. The molecule has 5 heteroatoms. The fraction of sp³-hybridized carbons (Fsp3) is 0.579. The van der Waals surface area contributed by atoms with Gasteiger partial charge in [-0.3, -0.25) is 4.79 Å². The van der Waals surface area contributed by atoms with Crippen LogP contribution in [-0.4, -0.2) is 46.5 Å². The monoisotopic (exact) mass is 326 g/mol. The van der Waals surface area contributed by atoms with Crippen molar-refractivity contribution in [2.75, 3.05) is 24.5 Å².